The Morgan fingerprint density at radius 1 is 1.06 bits per heavy atom. The molecule has 1 atom stereocenters. The lowest BCUT2D eigenvalue weighted by Crippen LogP contribution is -2.40. The number of carbonyl (C=O) groups is 1. The molecule has 3 rings (SSSR count). The van der Waals surface area contributed by atoms with Crippen LogP contribution in [0, 0.1) is 6.92 Å². The number of carbonyl (C=O) groups excluding carboxylic acids is 1. The third kappa shape index (κ3) is 3.99. The first-order valence-electron chi connectivity index (χ1n) is 9.99. The third-order valence-electron chi connectivity index (χ3n) is 5.60. The van der Waals surface area contributed by atoms with Crippen molar-refractivity contribution in [2.24, 2.45) is 0 Å². The third-order valence-corrected chi connectivity index (χ3v) is 7.53. The molecule has 8 heteroatoms. The minimum Gasteiger partial charge on any atom is -0.493 e. The lowest BCUT2D eigenvalue weighted by Gasteiger charge is -2.31. The molecule has 1 N–H and O–H groups in total. The van der Waals surface area contributed by atoms with E-state index < -0.39 is 15.9 Å². The number of rotatable bonds is 6. The summed E-state index contributed by atoms with van der Waals surface area (Å²) in [4.78, 5) is 13.0. The Balaban J connectivity index is 2.08. The Kier molecular flexibility index (Phi) is 6.31. The zero-order valence-electron chi connectivity index (χ0n) is 18.6. The zero-order chi connectivity index (χ0) is 22.9. The summed E-state index contributed by atoms with van der Waals surface area (Å²) in [6.45, 7) is 5.57. The maximum absolute atomic E-state index is 13.3. The lowest BCUT2D eigenvalue weighted by atomic mass is 10.0. The lowest BCUT2D eigenvalue weighted by molar-refractivity contribution is -0.117. The van der Waals surface area contributed by atoms with Gasteiger partial charge in [0.15, 0.2) is 16.4 Å². The number of methoxy groups -OCH3 is 2. The molecule has 31 heavy (non-hydrogen) atoms. The van der Waals surface area contributed by atoms with Crippen LogP contribution in [0.2, 0.25) is 0 Å². The van der Waals surface area contributed by atoms with Crippen molar-refractivity contribution >= 4 is 27.2 Å². The highest BCUT2D eigenvalue weighted by molar-refractivity contribution is 7.97. The van der Waals surface area contributed by atoms with Crippen LogP contribution in [0.5, 0.6) is 11.5 Å². The van der Waals surface area contributed by atoms with Gasteiger partial charge in [-0.15, -0.1) is 0 Å². The number of aryl methyl sites for hydroxylation is 1. The molecule has 1 amide bonds. The molecule has 1 heterocycles. The van der Waals surface area contributed by atoms with Gasteiger partial charge in [0.2, 0.25) is 0 Å². The van der Waals surface area contributed by atoms with Crippen molar-refractivity contribution < 1.29 is 22.7 Å². The van der Waals surface area contributed by atoms with Crippen LogP contribution in [-0.4, -0.2) is 35.6 Å². The van der Waals surface area contributed by atoms with Crippen molar-refractivity contribution in [1.82, 2.24) is 5.32 Å². The van der Waals surface area contributed by atoms with Crippen molar-refractivity contribution in [2.45, 2.75) is 33.2 Å². The molecule has 1 aliphatic heterocycles. The molecule has 0 bridgehead atoms. The summed E-state index contributed by atoms with van der Waals surface area (Å²) in [5.74, 6) is 0.241. The number of allylic oxidation sites excluding steroid dienone is 1. The van der Waals surface area contributed by atoms with Crippen LogP contribution in [-0.2, 0) is 14.8 Å². The predicted molar refractivity (Wildman–Crippen MR) is 122 cm³/mol. The van der Waals surface area contributed by atoms with E-state index in [9.17, 15) is 13.2 Å². The van der Waals surface area contributed by atoms with Gasteiger partial charge in [0.1, 0.15) is 0 Å². The molecule has 0 saturated carbocycles. The highest BCUT2D eigenvalue weighted by atomic mass is 32.2. The highest BCUT2D eigenvalue weighted by Gasteiger charge is 2.39. The van der Waals surface area contributed by atoms with Gasteiger partial charge in [-0.3, -0.25) is 9.10 Å². The molecule has 0 fully saturated rings. The Hall–Kier alpha value is -3.00. The topological polar surface area (TPSA) is 84.9 Å². The van der Waals surface area contributed by atoms with Crippen molar-refractivity contribution in [1.29, 1.82) is 0 Å². The maximum Gasteiger partial charge on any atom is 0.269 e. The first kappa shape index (κ1) is 22.7. The molecule has 166 valence electrons. The number of fused-ring (bicyclic) bond motifs is 1. The molecule has 0 saturated heterocycles. The molecular weight excluding hydrogens is 416 g/mol. The number of hydrogen-bond donors (Lipinski definition) is 1. The summed E-state index contributed by atoms with van der Waals surface area (Å²) in [7, 11) is 0.374. The van der Waals surface area contributed by atoms with Gasteiger partial charge < -0.3 is 14.8 Å². The summed E-state index contributed by atoms with van der Waals surface area (Å²) in [5.41, 5.74) is 3.43. The number of ether oxygens (including phenoxy) is 2. The van der Waals surface area contributed by atoms with E-state index in [2.05, 4.69) is 5.32 Å². The number of nitrogens with zero attached hydrogens (tertiary/aromatic N) is 1. The van der Waals surface area contributed by atoms with Gasteiger partial charge in [-0.25, -0.2) is 8.42 Å². The molecule has 0 radical (unpaired) electrons. The molecule has 0 aromatic heterocycles. The van der Waals surface area contributed by atoms with E-state index in [0.717, 1.165) is 15.4 Å². The van der Waals surface area contributed by atoms with E-state index in [1.807, 2.05) is 38.1 Å². The first-order chi connectivity index (χ1) is 14.6. The Morgan fingerprint density at radius 2 is 1.65 bits per heavy atom. The van der Waals surface area contributed by atoms with Crippen LogP contribution in [0.25, 0.3) is 5.57 Å². The van der Waals surface area contributed by atoms with Crippen LogP contribution >= 0.6 is 0 Å². The van der Waals surface area contributed by atoms with Crippen molar-refractivity contribution in [3.63, 3.8) is 0 Å². The van der Waals surface area contributed by atoms with E-state index in [4.69, 9.17) is 9.47 Å². The standard InChI is InChI=1S/C23H28N2O5S/c1-7-18(16-10-8-14(2)9-11-16)24-23(26)22-15(3)17-12-20(29-5)21(30-6)13-19(17)25(4)31(22,27)28/h8-13,18H,7H2,1-6H3,(H,24,26). The SMILES string of the molecule is CCC(NC(=O)C1=C(C)c2cc(OC)c(OC)cc2N(C)S1(=O)=O)c1ccc(C)cc1. The van der Waals surface area contributed by atoms with Gasteiger partial charge in [0.05, 0.1) is 25.9 Å². The summed E-state index contributed by atoms with van der Waals surface area (Å²) < 4.78 is 38.3. The van der Waals surface area contributed by atoms with E-state index in [0.29, 0.717) is 34.7 Å². The summed E-state index contributed by atoms with van der Waals surface area (Å²) in [6, 6.07) is 10.8. The van der Waals surface area contributed by atoms with Crippen molar-refractivity contribution in [2.75, 3.05) is 25.6 Å². The number of hydrogen-bond acceptors (Lipinski definition) is 5. The molecule has 7 nitrogen and oxygen atoms in total. The maximum atomic E-state index is 13.3. The van der Waals surface area contributed by atoms with Crippen LogP contribution in [0.1, 0.15) is 43.0 Å². The minimum absolute atomic E-state index is 0.264. The fraction of sp³-hybridized carbons (Fsp3) is 0.348. The fourth-order valence-corrected chi connectivity index (χ4v) is 5.22. The number of benzene rings is 2. The number of anilines is 1. The summed E-state index contributed by atoms with van der Waals surface area (Å²) in [6.07, 6.45) is 0.624. The predicted octanol–water partition coefficient (Wildman–Crippen LogP) is 3.79. The molecule has 2 aromatic carbocycles. The van der Waals surface area contributed by atoms with E-state index in [-0.39, 0.29) is 10.9 Å². The van der Waals surface area contributed by atoms with Crippen LogP contribution in [0.4, 0.5) is 5.69 Å². The van der Waals surface area contributed by atoms with E-state index in [1.54, 1.807) is 19.1 Å². The summed E-state index contributed by atoms with van der Waals surface area (Å²) in [5, 5.41) is 2.90. The van der Waals surface area contributed by atoms with Gasteiger partial charge >= 0.3 is 0 Å². The van der Waals surface area contributed by atoms with Gasteiger partial charge in [0, 0.05) is 18.7 Å². The minimum atomic E-state index is -4.05. The van der Waals surface area contributed by atoms with Crippen LogP contribution in [0.15, 0.2) is 41.3 Å². The van der Waals surface area contributed by atoms with Gasteiger partial charge in [-0.2, -0.15) is 0 Å². The second-order valence-corrected chi connectivity index (χ2v) is 9.40. The molecule has 1 unspecified atom stereocenters. The van der Waals surface area contributed by atoms with Crippen molar-refractivity contribution in [3.05, 3.63) is 58.0 Å². The van der Waals surface area contributed by atoms with Gasteiger partial charge in [-0.1, -0.05) is 36.8 Å². The number of nitrogens with one attached hydrogen (secondary N) is 1. The zero-order valence-corrected chi connectivity index (χ0v) is 19.5. The average molecular weight is 445 g/mol. The van der Waals surface area contributed by atoms with Gasteiger partial charge in [0.25, 0.3) is 15.9 Å². The summed E-state index contributed by atoms with van der Waals surface area (Å²) >= 11 is 0. The highest BCUT2D eigenvalue weighted by Crippen LogP contribution is 2.44. The normalized spacial score (nSPS) is 15.9. The quantitative estimate of drug-likeness (QED) is 0.733. The molecule has 1 aliphatic rings. The fourth-order valence-electron chi connectivity index (χ4n) is 3.74. The smallest absolute Gasteiger partial charge is 0.269 e. The Bertz CT molecular complexity index is 1140. The first-order valence-corrected chi connectivity index (χ1v) is 11.4. The second-order valence-electron chi connectivity index (χ2n) is 7.50. The molecule has 0 spiro atoms. The van der Waals surface area contributed by atoms with Gasteiger partial charge in [-0.05, 0) is 37.5 Å². The van der Waals surface area contributed by atoms with Crippen LogP contribution < -0.4 is 19.1 Å². The van der Waals surface area contributed by atoms with Crippen molar-refractivity contribution in [3.8, 4) is 11.5 Å². The monoisotopic (exact) mass is 444 g/mol. The Morgan fingerprint density at radius 3 is 2.19 bits per heavy atom. The Labute approximate surface area is 183 Å². The number of sulfonamides is 1. The van der Waals surface area contributed by atoms with E-state index >= 15 is 0 Å². The second kappa shape index (κ2) is 8.63. The number of amides is 1. The molecule has 0 aliphatic carbocycles. The average Bonchev–Trinajstić information content (AvgIpc) is 2.75. The van der Waals surface area contributed by atoms with E-state index in [1.165, 1.54) is 21.3 Å². The van der Waals surface area contributed by atoms with Crippen LogP contribution in [0.3, 0.4) is 0 Å². The largest absolute Gasteiger partial charge is 0.493 e. The molecule has 2 aromatic rings. The molecular formula is C23H28N2O5S.